The SMILES string of the molecule is Cc1csc[n+]1CC(=O)[O-].[Br-].[Na+]. The second kappa shape index (κ2) is 7.03. The molecule has 62 valence electrons. The number of nitrogens with zero attached hydrogens (tertiary/aromatic N) is 1. The molecule has 0 aromatic carbocycles. The van der Waals surface area contributed by atoms with Crippen molar-refractivity contribution in [1.82, 2.24) is 0 Å². The van der Waals surface area contributed by atoms with Crippen molar-refractivity contribution in [2.24, 2.45) is 0 Å². The average Bonchev–Trinajstić information content (AvgIpc) is 2.15. The molecular formula is C6H7BrNNaO2S. The molecule has 0 saturated carbocycles. The first kappa shape index (κ1) is 15.1. The summed E-state index contributed by atoms with van der Waals surface area (Å²) in [6, 6.07) is 0. The Labute approximate surface area is 107 Å². The van der Waals surface area contributed by atoms with Crippen molar-refractivity contribution in [1.29, 1.82) is 0 Å². The van der Waals surface area contributed by atoms with E-state index in [1.54, 1.807) is 10.1 Å². The number of carbonyl (C=O) groups is 1. The molecule has 1 aromatic heterocycles. The summed E-state index contributed by atoms with van der Waals surface area (Å²) in [6.45, 7) is 1.81. The van der Waals surface area contributed by atoms with Crippen LogP contribution in [-0.2, 0) is 11.3 Å². The van der Waals surface area contributed by atoms with Gasteiger partial charge < -0.3 is 26.9 Å². The van der Waals surface area contributed by atoms with Crippen LogP contribution in [0.5, 0.6) is 0 Å². The van der Waals surface area contributed by atoms with E-state index >= 15 is 0 Å². The molecule has 0 amide bonds. The first-order valence-electron chi connectivity index (χ1n) is 2.82. The molecule has 0 aliphatic heterocycles. The van der Waals surface area contributed by atoms with Crippen LogP contribution >= 0.6 is 11.3 Å². The number of hydrogen-bond acceptors (Lipinski definition) is 3. The minimum Gasteiger partial charge on any atom is -1.00 e. The van der Waals surface area contributed by atoms with Crippen molar-refractivity contribution in [3.05, 3.63) is 16.6 Å². The Morgan fingerprint density at radius 3 is 2.67 bits per heavy atom. The zero-order valence-electron chi connectivity index (χ0n) is 6.91. The summed E-state index contributed by atoms with van der Waals surface area (Å²) < 4.78 is 1.64. The van der Waals surface area contributed by atoms with Gasteiger partial charge in [-0.25, -0.2) is 0 Å². The van der Waals surface area contributed by atoms with Gasteiger partial charge in [0, 0.05) is 6.92 Å². The summed E-state index contributed by atoms with van der Waals surface area (Å²) in [5.74, 6) is -1.05. The minimum absolute atomic E-state index is 0. The van der Waals surface area contributed by atoms with E-state index in [1.165, 1.54) is 11.3 Å². The number of carboxylic acids is 1. The third-order valence-corrected chi connectivity index (χ3v) is 2.03. The van der Waals surface area contributed by atoms with Gasteiger partial charge in [-0.1, -0.05) is 11.3 Å². The third kappa shape index (κ3) is 4.57. The van der Waals surface area contributed by atoms with E-state index in [9.17, 15) is 9.90 Å². The molecule has 12 heavy (non-hydrogen) atoms. The van der Waals surface area contributed by atoms with Gasteiger partial charge in [0.1, 0.15) is 5.97 Å². The molecule has 6 heteroatoms. The third-order valence-electron chi connectivity index (χ3n) is 1.18. The van der Waals surface area contributed by atoms with Crippen LogP contribution in [0.2, 0.25) is 0 Å². The van der Waals surface area contributed by atoms with Gasteiger partial charge in [-0.15, -0.1) is 0 Å². The molecule has 0 fully saturated rings. The van der Waals surface area contributed by atoms with Crippen molar-refractivity contribution in [3.8, 4) is 0 Å². The molecule has 0 aliphatic carbocycles. The summed E-state index contributed by atoms with van der Waals surface area (Å²) in [4.78, 5) is 10.1. The average molecular weight is 260 g/mol. The molecule has 0 radical (unpaired) electrons. The van der Waals surface area contributed by atoms with Crippen LogP contribution in [0.15, 0.2) is 10.9 Å². The van der Waals surface area contributed by atoms with Crippen molar-refractivity contribution >= 4 is 17.3 Å². The predicted octanol–water partition coefficient (Wildman–Crippen LogP) is -6.90. The fraction of sp³-hybridized carbons (Fsp3) is 0.333. The Balaban J connectivity index is 0. The van der Waals surface area contributed by atoms with E-state index in [-0.39, 0.29) is 53.1 Å². The molecule has 0 unspecified atom stereocenters. The molecule has 0 bridgehead atoms. The Morgan fingerprint density at radius 1 is 1.75 bits per heavy atom. The van der Waals surface area contributed by atoms with Gasteiger partial charge in [-0.05, 0) is 0 Å². The van der Waals surface area contributed by atoms with Gasteiger partial charge in [-0.3, -0.25) is 0 Å². The van der Waals surface area contributed by atoms with Crippen LogP contribution in [0, 0.1) is 6.92 Å². The molecule has 0 N–H and O–H groups in total. The second-order valence-corrected chi connectivity index (χ2v) is 2.72. The molecule has 0 spiro atoms. The molecule has 1 aromatic rings. The van der Waals surface area contributed by atoms with Gasteiger partial charge in [-0.2, -0.15) is 4.57 Å². The molecule has 0 atom stereocenters. The van der Waals surface area contributed by atoms with Gasteiger partial charge in [0.25, 0.3) is 0 Å². The number of halogens is 1. The summed E-state index contributed by atoms with van der Waals surface area (Å²) in [6.07, 6.45) is 0. The largest absolute Gasteiger partial charge is 1.00 e. The first-order valence-corrected chi connectivity index (χ1v) is 3.76. The second-order valence-electron chi connectivity index (χ2n) is 2.00. The van der Waals surface area contributed by atoms with E-state index < -0.39 is 5.97 Å². The molecule has 3 nitrogen and oxygen atoms in total. The number of carboxylic acid groups (broad SMARTS) is 1. The monoisotopic (exact) mass is 259 g/mol. The minimum atomic E-state index is -1.05. The maximum atomic E-state index is 10.1. The molecular weight excluding hydrogens is 253 g/mol. The fourth-order valence-corrected chi connectivity index (χ4v) is 1.44. The molecule has 0 aliphatic rings. The van der Waals surface area contributed by atoms with Crippen LogP contribution in [0.4, 0.5) is 0 Å². The Hall–Kier alpha value is 0.580. The smallest absolute Gasteiger partial charge is 1.00 e. The van der Waals surface area contributed by atoms with Gasteiger partial charge in [0.15, 0.2) is 12.2 Å². The number of aryl methyl sites for hydroxylation is 1. The summed E-state index contributed by atoms with van der Waals surface area (Å²) in [5, 5.41) is 12.0. The summed E-state index contributed by atoms with van der Waals surface area (Å²) in [5.41, 5.74) is 2.71. The van der Waals surface area contributed by atoms with Crippen LogP contribution < -0.4 is 56.2 Å². The maximum Gasteiger partial charge on any atom is 1.00 e. The van der Waals surface area contributed by atoms with Gasteiger partial charge >= 0.3 is 29.6 Å². The zero-order valence-corrected chi connectivity index (χ0v) is 11.3. The number of aromatic nitrogens is 1. The Kier molecular flexibility index (Phi) is 8.83. The topological polar surface area (TPSA) is 44.0 Å². The van der Waals surface area contributed by atoms with Crippen molar-refractivity contribution < 1.29 is 61.0 Å². The summed E-state index contributed by atoms with van der Waals surface area (Å²) >= 11 is 1.48. The van der Waals surface area contributed by atoms with E-state index in [0.717, 1.165) is 5.69 Å². The quantitative estimate of drug-likeness (QED) is 0.392. The van der Waals surface area contributed by atoms with E-state index in [0.29, 0.717) is 0 Å². The number of aliphatic carboxylic acids is 1. The van der Waals surface area contributed by atoms with Crippen LogP contribution in [0.3, 0.4) is 0 Å². The number of thiazole rings is 1. The van der Waals surface area contributed by atoms with E-state index in [4.69, 9.17) is 0 Å². The van der Waals surface area contributed by atoms with Crippen LogP contribution in [0.25, 0.3) is 0 Å². The van der Waals surface area contributed by atoms with E-state index in [2.05, 4.69) is 0 Å². The maximum absolute atomic E-state index is 10.1. The zero-order chi connectivity index (χ0) is 7.56. The summed E-state index contributed by atoms with van der Waals surface area (Å²) in [7, 11) is 0. The van der Waals surface area contributed by atoms with Crippen molar-refractivity contribution in [2.45, 2.75) is 13.5 Å². The van der Waals surface area contributed by atoms with Crippen molar-refractivity contribution in [3.63, 3.8) is 0 Å². The van der Waals surface area contributed by atoms with Crippen LogP contribution in [0.1, 0.15) is 5.69 Å². The predicted molar refractivity (Wildman–Crippen MR) is 34.3 cm³/mol. The van der Waals surface area contributed by atoms with Crippen LogP contribution in [-0.4, -0.2) is 5.97 Å². The number of rotatable bonds is 2. The Bertz CT molecular complexity index is 253. The van der Waals surface area contributed by atoms with Gasteiger partial charge in [0.2, 0.25) is 5.51 Å². The standard InChI is InChI=1S/C6H7NO2S.BrH.Na/c1-5-3-10-4-7(5)2-6(8)9;;/h3-4H,2H2,1H3;1H;/q;;+1/p-1. The van der Waals surface area contributed by atoms with Crippen molar-refractivity contribution in [2.75, 3.05) is 0 Å². The number of carbonyl (C=O) groups excluding carboxylic acids is 1. The molecule has 1 heterocycles. The molecule has 1 rings (SSSR count). The van der Waals surface area contributed by atoms with E-state index in [1.807, 2.05) is 12.3 Å². The first-order chi connectivity index (χ1) is 4.70. The Morgan fingerprint density at radius 2 is 2.33 bits per heavy atom. The normalized spacial score (nSPS) is 8.08. The molecule has 0 saturated heterocycles. The fourth-order valence-electron chi connectivity index (χ4n) is 0.654. The van der Waals surface area contributed by atoms with Gasteiger partial charge in [0.05, 0.1) is 5.38 Å². The number of hydrogen-bond donors (Lipinski definition) is 0.